The van der Waals surface area contributed by atoms with Crippen LogP contribution in [0.4, 0.5) is 5.82 Å². The first-order valence-corrected chi connectivity index (χ1v) is 9.99. The summed E-state index contributed by atoms with van der Waals surface area (Å²) in [5, 5.41) is 13.7. The molecular formula is C17H20N4O4S. The van der Waals surface area contributed by atoms with Crippen LogP contribution in [-0.2, 0) is 16.4 Å². The fraction of sp³-hybridized carbons (Fsp3) is 0.353. The Hall–Kier alpha value is -2.68. The summed E-state index contributed by atoms with van der Waals surface area (Å²) in [5.41, 5.74) is 1.14. The molecule has 0 saturated carbocycles. The lowest BCUT2D eigenvalue weighted by Gasteiger charge is -2.11. The molecule has 1 unspecified atom stereocenters. The van der Waals surface area contributed by atoms with E-state index >= 15 is 0 Å². The van der Waals surface area contributed by atoms with Crippen molar-refractivity contribution in [2.45, 2.75) is 19.0 Å². The molecule has 1 aromatic carbocycles. The Kier molecular flexibility index (Phi) is 5.36. The van der Waals surface area contributed by atoms with Crippen LogP contribution in [0.25, 0.3) is 0 Å². The lowest BCUT2D eigenvalue weighted by molar-refractivity contribution is 0.0945. The Morgan fingerprint density at radius 1 is 1.19 bits per heavy atom. The maximum Gasteiger partial charge on any atom is 0.272 e. The average molecular weight is 376 g/mol. The smallest absolute Gasteiger partial charge is 0.272 e. The highest BCUT2D eigenvalue weighted by Crippen LogP contribution is 2.16. The van der Waals surface area contributed by atoms with Gasteiger partial charge in [0.15, 0.2) is 15.5 Å². The van der Waals surface area contributed by atoms with Crippen molar-refractivity contribution in [2.24, 2.45) is 0 Å². The van der Waals surface area contributed by atoms with Gasteiger partial charge < -0.3 is 15.4 Å². The Bertz CT molecular complexity index is 867. The third kappa shape index (κ3) is 4.69. The minimum atomic E-state index is -2.96. The van der Waals surface area contributed by atoms with Crippen molar-refractivity contribution in [3.63, 3.8) is 0 Å². The SMILES string of the molecule is COc1ccc(CNC(=O)c2ccc(NC3CCS(=O)(=O)C3)nn2)cc1. The zero-order chi connectivity index (χ0) is 18.6. The number of carbonyl (C=O) groups is 1. The van der Waals surface area contributed by atoms with Crippen LogP contribution in [0.2, 0.25) is 0 Å². The molecule has 1 atom stereocenters. The van der Waals surface area contributed by atoms with Gasteiger partial charge in [-0.05, 0) is 36.2 Å². The largest absolute Gasteiger partial charge is 0.497 e. The van der Waals surface area contributed by atoms with E-state index in [4.69, 9.17) is 4.74 Å². The van der Waals surface area contributed by atoms with Crippen LogP contribution in [0.1, 0.15) is 22.5 Å². The summed E-state index contributed by atoms with van der Waals surface area (Å²) in [5.74, 6) is 1.16. The van der Waals surface area contributed by atoms with E-state index < -0.39 is 9.84 Å². The number of sulfone groups is 1. The molecule has 0 spiro atoms. The highest BCUT2D eigenvalue weighted by molar-refractivity contribution is 7.91. The number of nitrogens with zero attached hydrogens (tertiary/aromatic N) is 2. The molecule has 26 heavy (non-hydrogen) atoms. The summed E-state index contributed by atoms with van der Waals surface area (Å²) in [6.45, 7) is 0.366. The molecule has 0 radical (unpaired) electrons. The minimum Gasteiger partial charge on any atom is -0.497 e. The first-order chi connectivity index (χ1) is 12.4. The fourth-order valence-electron chi connectivity index (χ4n) is 2.66. The first kappa shape index (κ1) is 18.1. The molecule has 1 aliphatic rings. The number of amides is 1. The number of ether oxygens (including phenoxy) is 1. The predicted molar refractivity (Wildman–Crippen MR) is 96.9 cm³/mol. The molecule has 2 N–H and O–H groups in total. The van der Waals surface area contributed by atoms with Gasteiger partial charge in [0, 0.05) is 12.6 Å². The van der Waals surface area contributed by atoms with E-state index in [1.807, 2.05) is 24.3 Å². The molecule has 2 aromatic rings. The average Bonchev–Trinajstić information content (AvgIpc) is 2.99. The van der Waals surface area contributed by atoms with Gasteiger partial charge in [-0.15, -0.1) is 10.2 Å². The van der Waals surface area contributed by atoms with Crippen LogP contribution in [-0.4, -0.2) is 49.2 Å². The Balaban J connectivity index is 1.53. The molecule has 1 amide bonds. The van der Waals surface area contributed by atoms with E-state index in [1.165, 1.54) is 0 Å². The van der Waals surface area contributed by atoms with Crippen LogP contribution in [0.3, 0.4) is 0 Å². The van der Waals surface area contributed by atoms with Gasteiger partial charge in [0.2, 0.25) is 0 Å². The van der Waals surface area contributed by atoms with E-state index in [1.54, 1.807) is 19.2 Å². The van der Waals surface area contributed by atoms with Gasteiger partial charge in [-0.1, -0.05) is 12.1 Å². The number of aromatic nitrogens is 2. The number of methoxy groups -OCH3 is 1. The molecule has 1 fully saturated rings. The second-order valence-electron chi connectivity index (χ2n) is 6.08. The highest BCUT2D eigenvalue weighted by Gasteiger charge is 2.28. The topological polar surface area (TPSA) is 110 Å². The molecule has 3 rings (SSSR count). The molecular weight excluding hydrogens is 356 g/mol. The van der Waals surface area contributed by atoms with Crippen molar-refractivity contribution in [1.82, 2.24) is 15.5 Å². The van der Waals surface area contributed by atoms with Gasteiger partial charge >= 0.3 is 0 Å². The standard InChI is InChI=1S/C17H20N4O4S/c1-25-14-4-2-12(3-5-14)10-18-17(22)15-6-7-16(21-20-15)19-13-8-9-26(23,24)11-13/h2-7,13H,8-11H2,1H3,(H,18,22)(H,19,21). The Morgan fingerprint density at radius 2 is 1.96 bits per heavy atom. The number of hydrogen-bond acceptors (Lipinski definition) is 7. The molecule has 1 aliphatic heterocycles. The molecule has 138 valence electrons. The fourth-order valence-corrected chi connectivity index (χ4v) is 4.34. The van der Waals surface area contributed by atoms with Gasteiger partial charge in [-0.25, -0.2) is 8.42 Å². The molecule has 9 heteroatoms. The van der Waals surface area contributed by atoms with Crippen LogP contribution in [0.5, 0.6) is 5.75 Å². The summed E-state index contributed by atoms with van der Waals surface area (Å²) in [6, 6.07) is 10.4. The number of hydrogen-bond donors (Lipinski definition) is 2. The third-order valence-electron chi connectivity index (χ3n) is 4.09. The lowest BCUT2D eigenvalue weighted by atomic mass is 10.2. The predicted octanol–water partition coefficient (Wildman–Crippen LogP) is 1.01. The minimum absolute atomic E-state index is 0.0960. The molecule has 0 aliphatic carbocycles. The number of carbonyl (C=O) groups excluding carboxylic acids is 1. The maximum absolute atomic E-state index is 12.1. The summed E-state index contributed by atoms with van der Waals surface area (Å²) >= 11 is 0. The second kappa shape index (κ2) is 7.69. The van der Waals surface area contributed by atoms with Crippen molar-refractivity contribution in [3.05, 3.63) is 47.7 Å². The van der Waals surface area contributed by atoms with E-state index in [0.29, 0.717) is 18.8 Å². The van der Waals surface area contributed by atoms with Gasteiger partial charge in [-0.2, -0.15) is 0 Å². The van der Waals surface area contributed by atoms with Crippen molar-refractivity contribution in [3.8, 4) is 5.75 Å². The molecule has 0 bridgehead atoms. The number of anilines is 1. The zero-order valence-corrected chi connectivity index (χ0v) is 15.1. The van der Waals surface area contributed by atoms with E-state index in [-0.39, 0.29) is 29.1 Å². The van der Waals surface area contributed by atoms with Gasteiger partial charge in [0.25, 0.3) is 5.91 Å². The summed E-state index contributed by atoms with van der Waals surface area (Å²) in [7, 11) is -1.36. The summed E-state index contributed by atoms with van der Waals surface area (Å²) in [6.07, 6.45) is 0.550. The van der Waals surface area contributed by atoms with Gasteiger partial charge in [0.1, 0.15) is 11.6 Å². The highest BCUT2D eigenvalue weighted by atomic mass is 32.2. The molecule has 1 aromatic heterocycles. The first-order valence-electron chi connectivity index (χ1n) is 8.17. The second-order valence-corrected chi connectivity index (χ2v) is 8.31. The van der Waals surface area contributed by atoms with Gasteiger partial charge in [-0.3, -0.25) is 4.79 Å². The van der Waals surface area contributed by atoms with E-state index in [9.17, 15) is 13.2 Å². The third-order valence-corrected chi connectivity index (χ3v) is 5.86. The van der Waals surface area contributed by atoms with Crippen LogP contribution in [0, 0.1) is 0 Å². The van der Waals surface area contributed by atoms with Crippen molar-refractivity contribution < 1.29 is 17.9 Å². The summed E-state index contributed by atoms with van der Waals surface area (Å²) < 4.78 is 28.0. The number of rotatable bonds is 6. The van der Waals surface area contributed by atoms with Crippen molar-refractivity contribution in [2.75, 3.05) is 23.9 Å². The monoisotopic (exact) mass is 376 g/mol. The lowest BCUT2D eigenvalue weighted by Crippen LogP contribution is -2.25. The number of nitrogens with one attached hydrogen (secondary N) is 2. The molecule has 1 saturated heterocycles. The zero-order valence-electron chi connectivity index (χ0n) is 14.3. The maximum atomic E-state index is 12.1. The van der Waals surface area contributed by atoms with E-state index in [2.05, 4.69) is 20.8 Å². The van der Waals surface area contributed by atoms with Crippen LogP contribution < -0.4 is 15.4 Å². The van der Waals surface area contributed by atoms with Crippen molar-refractivity contribution in [1.29, 1.82) is 0 Å². The Morgan fingerprint density at radius 3 is 2.54 bits per heavy atom. The quantitative estimate of drug-likeness (QED) is 0.774. The van der Waals surface area contributed by atoms with Crippen molar-refractivity contribution >= 4 is 21.6 Å². The Labute approximate surface area is 151 Å². The number of benzene rings is 1. The van der Waals surface area contributed by atoms with E-state index in [0.717, 1.165) is 11.3 Å². The normalized spacial score (nSPS) is 18.3. The van der Waals surface area contributed by atoms with Crippen LogP contribution in [0.15, 0.2) is 36.4 Å². The molecule has 2 heterocycles. The van der Waals surface area contributed by atoms with Crippen LogP contribution >= 0.6 is 0 Å². The summed E-state index contributed by atoms with van der Waals surface area (Å²) in [4.78, 5) is 12.1. The van der Waals surface area contributed by atoms with Gasteiger partial charge in [0.05, 0.1) is 18.6 Å². The molecule has 8 nitrogen and oxygen atoms in total.